The summed E-state index contributed by atoms with van der Waals surface area (Å²) in [6.45, 7) is 5.30. The number of ether oxygens (including phenoxy) is 4. The number of rotatable bonds is 12. The largest absolute Gasteiger partial charge is 0.481 e. The van der Waals surface area contributed by atoms with Crippen LogP contribution in [0.2, 0.25) is 17.5 Å². The number of nitrogens with two attached hydrogens (primary N) is 2. The average Bonchev–Trinajstić information content (AvgIpc) is 3.72. The lowest BCUT2D eigenvalue weighted by Crippen LogP contribution is -2.30. The van der Waals surface area contributed by atoms with Gasteiger partial charge in [-0.25, -0.2) is 0 Å². The van der Waals surface area contributed by atoms with Gasteiger partial charge in [0.05, 0.1) is 55.9 Å². The second-order valence-corrected chi connectivity index (χ2v) is 12.0. The van der Waals surface area contributed by atoms with Gasteiger partial charge in [0.1, 0.15) is 12.2 Å². The Bertz CT molecular complexity index is 923. The molecular weight excluding hydrogens is 625 g/mol. The summed E-state index contributed by atoms with van der Waals surface area (Å²) in [5, 5.41) is 25.5. The molecule has 3 saturated carbocycles. The maximum absolute atomic E-state index is 11.2. The summed E-state index contributed by atoms with van der Waals surface area (Å²) in [4.78, 5) is 53.7. The average molecular weight is 678 g/mol. The molecule has 7 N–H and O–H groups in total. The highest BCUT2D eigenvalue weighted by Crippen LogP contribution is 2.37. The van der Waals surface area contributed by atoms with Gasteiger partial charge < -0.3 is 45.7 Å². The van der Waals surface area contributed by atoms with Gasteiger partial charge in [0.15, 0.2) is 0 Å². The number of carbonyl (C=O) groups excluding carboxylic acids is 4. The Morgan fingerprint density at radius 1 is 0.625 bits per heavy atom. The van der Waals surface area contributed by atoms with Crippen LogP contribution in [0.3, 0.4) is 0 Å². The van der Waals surface area contributed by atoms with E-state index in [1.165, 1.54) is 0 Å². The number of carbonyl (C=O) groups is 5. The van der Waals surface area contributed by atoms with E-state index in [4.69, 9.17) is 69.3 Å². The van der Waals surface area contributed by atoms with E-state index in [0.29, 0.717) is 45.1 Å². The van der Waals surface area contributed by atoms with Crippen molar-refractivity contribution in [3.63, 3.8) is 0 Å². The molecule has 0 bridgehead atoms. The Morgan fingerprint density at radius 3 is 1.35 bits per heavy atom. The lowest BCUT2D eigenvalue weighted by atomic mass is 9.85. The second-order valence-electron chi connectivity index (χ2n) is 12.0. The zero-order valence-electron chi connectivity index (χ0n) is 28.5. The van der Waals surface area contributed by atoms with Crippen molar-refractivity contribution in [2.75, 3.05) is 32.9 Å². The molecule has 3 unspecified atom stereocenters. The third-order valence-corrected chi connectivity index (χ3v) is 7.96. The molecule has 0 aromatic carbocycles. The Hall–Kier alpha value is -2.62. The lowest BCUT2D eigenvalue weighted by molar-refractivity contribution is -0.154. The minimum atomic E-state index is -0.745. The fourth-order valence-corrected chi connectivity index (χ4v) is 5.27. The van der Waals surface area contributed by atoms with Crippen molar-refractivity contribution >= 4 is 53.4 Å². The summed E-state index contributed by atoms with van der Waals surface area (Å²) in [5.41, 5.74) is 10.3. The van der Waals surface area contributed by atoms with E-state index >= 15 is 0 Å². The summed E-state index contributed by atoms with van der Waals surface area (Å²) < 4.78 is 20.5. The summed E-state index contributed by atoms with van der Waals surface area (Å²) in [6, 6.07) is 0. The Kier molecular flexibility index (Phi) is 24.0. The second kappa shape index (κ2) is 25.4. The molecule has 0 spiro atoms. The van der Waals surface area contributed by atoms with E-state index in [1.54, 1.807) is 20.8 Å². The van der Waals surface area contributed by atoms with Crippen LogP contribution in [0.4, 0.5) is 0 Å². The molecule has 17 heteroatoms. The Labute approximate surface area is 287 Å². The molecule has 0 heterocycles. The quantitative estimate of drug-likeness (QED) is 0.108. The number of carboxylic acid groups (broad SMARTS) is 1. The fourth-order valence-electron chi connectivity index (χ4n) is 5.27. The SMILES string of the molecule is CCC(=O)O.[B][C@@H]1CC(O)[C@H](CO)C1.[B][C@@H]1CC(OC(=O)CC)[C@H](COC(=O)CC)C1.[B][C@@H]1CC(OC(=O)CN)[C@H](COC(=O)CN)C1. The highest BCUT2D eigenvalue weighted by Gasteiger charge is 2.36. The molecule has 3 aliphatic carbocycles. The minimum absolute atomic E-state index is 0.0231. The van der Waals surface area contributed by atoms with E-state index in [1.807, 2.05) is 0 Å². The molecule has 3 fully saturated rings. The predicted molar refractivity (Wildman–Crippen MR) is 178 cm³/mol. The maximum Gasteiger partial charge on any atom is 0.319 e. The molecule has 3 rings (SSSR count). The van der Waals surface area contributed by atoms with Crippen LogP contribution in [0.25, 0.3) is 0 Å². The summed E-state index contributed by atoms with van der Waals surface area (Å²) in [5.74, 6) is -2.09. The molecule has 6 radical (unpaired) electrons. The minimum Gasteiger partial charge on any atom is -0.481 e. The molecule has 48 heavy (non-hydrogen) atoms. The van der Waals surface area contributed by atoms with Gasteiger partial charge in [-0.05, 0) is 32.1 Å². The molecular formula is C31H53B3N2O12. The number of aliphatic hydroxyl groups excluding tert-OH is 2. The van der Waals surface area contributed by atoms with E-state index < -0.39 is 17.9 Å². The van der Waals surface area contributed by atoms with Gasteiger partial charge in [0.25, 0.3) is 0 Å². The van der Waals surface area contributed by atoms with Gasteiger partial charge in [0, 0.05) is 43.6 Å². The summed E-state index contributed by atoms with van der Waals surface area (Å²) >= 11 is 0. The molecule has 268 valence electrons. The van der Waals surface area contributed by atoms with Gasteiger partial charge >= 0.3 is 29.8 Å². The topological polar surface area (TPSA) is 235 Å². The molecule has 9 atom stereocenters. The third kappa shape index (κ3) is 19.4. The smallest absolute Gasteiger partial charge is 0.319 e. The van der Waals surface area contributed by atoms with Gasteiger partial charge in [-0.3, -0.25) is 24.0 Å². The molecule has 0 amide bonds. The van der Waals surface area contributed by atoms with Gasteiger partial charge in [0.2, 0.25) is 0 Å². The highest BCUT2D eigenvalue weighted by molar-refractivity contribution is 6.12. The molecule has 3 aliphatic rings. The van der Waals surface area contributed by atoms with Crippen molar-refractivity contribution in [1.82, 2.24) is 0 Å². The van der Waals surface area contributed by atoms with Gasteiger partial charge in [-0.2, -0.15) is 0 Å². The molecule has 0 aromatic heterocycles. The Balaban J connectivity index is 0.000000668. The number of carboxylic acids is 1. The first kappa shape index (κ1) is 45.4. The highest BCUT2D eigenvalue weighted by atomic mass is 16.6. The first-order chi connectivity index (χ1) is 22.6. The van der Waals surface area contributed by atoms with Crippen molar-refractivity contribution in [2.24, 2.45) is 29.2 Å². The van der Waals surface area contributed by atoms with Crippen LogP contribution in [0.5, 0.6) is 0 Å². The summed E-state index contributed by atoms with van der Waals surface area (Å²) in [7, 11) is 17.1. The normalized spacial score (nSPS) is 28.6. The number of aliphatic hydroxyl groups is 2. The standard InChI is InChI=1S/C12H19BO4.C10H17BN2O4.C6H11BO2.C3H6O2/c1-3-11(14)16-7-8-5-9(13)6-10(8)17-12(15)4-2;11-7-1-6(5-16-9(14)3-12)8(2-7)17-10(15)4-13;7-5-1-4(3-8)6(9)2-5;1-2-3(4)5/h8-10H,3-7H2,1-2H3;6-8H,1-5,12-13H2;4-6,8-9H,1-3H2;2H2,1H3,(H,4,5)/t8-,9-,10?;6-,7-,8?;4-,5-,6?;/m000./s1. The van der Waals surface area contributed by atoms with Gasteiger partial charge in [-0.15, -0.1) is 0 Å². The molecule has 14 nitrogen and oxygen atoms in total. The van der Waals surface area contributed by atoms with E-state index in [-0.39, 0.29) is 98.2 Å². The maximum atomic E-state index is 11.2. The van der Waals surface area contributed by atoms with E-state index in [9.17, 15) is 24.0 Å². The zero-order chi connectivity index (χ0) is 36.8. The third-order valence-electron chi connectivity index (χ3n) is 7.96. The van der Waals surface area contributed by atoms with Crippen molar-refractivity contribution in [3.05, 3.63) is 0 Å². The van der Waals surface area contributed by atoms with E-state index in [0.717, 1.165) is 12.8 Å². The molecule has 0 aromatic rings. The monoisotopic (exact) mass is 678 g/mol. The summed E-state index contributed by atoms with van der Waals surface area (Å²) in [6.07, 6.45) is 4.04. The van der Waals surface area contributed by atoms with Crippen LogP contribution in [-0.4, -0.2) is 120 Å². The van der Waals surface area contributed by atoms with Crippen molar-refractivity contribution in [1.29, 1.82) is 0 Å². The van der Waals surface area contributed by atoms with Crippen LogP contribution >= 0.6 is 0 Å². The fraction of sp³-hybridized carbons (Fsp3) is 0.839. The Morgan fingerprint density at radius 2 is 1.02 bits per heavy atom. The number of aliphatic carboxylic acids is 1. The molecule has 0 aliphatic heterocycles. The zero-order valence-corrected chi connectivity index (χ0v) is 28.5. The van der Waals surface area contributed by atoms with Crippen molar-refractivity contribution in [2.45, 2.75) is 114 Å². The van der Waals surface area contributed by atoms with Gasteiger partial charge in [-0.1, -0.05) is 44.6 Å². The molecule has 0 saturated heterocycles. The lowest BCUT2D eigenvalue weighted by Gasteiger charge is -2.19. The first-order valence-electron chi connectivity index (χ1n) is 16.5. The predicted octanol–water partition coefficient (Wildman–Crippen LogP) is 0.542. The van der Waals surface area contributed by atoms with E-state index in [2.05, 4.69) is 0 Å². The van der Waals surface area contributed by atoms with Crippen LogP contribution in [0.1, 0.15) is 78.6 Å². The van der Waals surface area contributed by atoms with Crippen LogP contribution in [0.15, 0.2) is 0 Å². The van der Waals surface area contributed by atoms with Crippen LogP contribution in [-0.2, 0) is 42.9 Å². The number of hydrogen-bond acceptors (Lipinski definition) is 13. The van der Waals surface area contributed by atoms with Crippen LogP contribution < -0.4 is 11.5 Å². The van der Waals surface area contributed by atoms with Crippen LogP contribution in [0, 0.1) is 17.8 Å². The number of esters is 4. The number of hydrogen-bond donors (Lipinski definition) is 5. The van der Waals surface area contributed by atoms with Crippen molar-refractivity contribution < 1.29 is 58.2 Å². The first-order valence-corrected chi connectivity index (χ1v) is 16.5. The van der Waals surface area contributed by atoms with Crippen molar-refractivity contribution in [3.8, 4) is 0 Å².